The van der Waals surface area contributed by atoms with Gasteiger partial charge in [-0.15, -0.1) is 0 Å². The maximum Gasteiger partial charge on any atom is 0.294 e. The molecular formula is C25H24N2O5S. The molecule has 0 N–H and O–H groups in total. The molecule has 1 fully saturated rings. The molecule has 1 aromatic heterocycles. The fourth-order valence-corrected chi connectivity index (χ4v) is 4.92. The average Bonchev–Trinajstić information content (AvgIpc) is 3.51. The molecule has 1 aliphatic carbocycles. The minimum Gasteiger partial charge on any atom is -0.459 e. The number of anilines is 2. The summed E-state index contributed by atoms with van der Waals surface area (Å²) < 4.78 is 29.0. The predicted octanol–water partition coefficient (Wildman–Crippen LogP) is 4.14. The van der Waals surface area contributed by atoms with Gasteiger partial charge in [0, 0.05) is 18.7 Å². The fourth-order valence-electron chi connectivity index (χ4n) is 4.29. The Balaban J connectivity index is 1.59. The number of sulfone groups is 1. The van der Waals surface area contributed by atoms with E-state index in [4.69, 9.17) is 4.42 Å². The van der Waals surface area contributed by atoms with E-state index in [0.717, 1.165) is 24.0 Å². The Morgan fingerprint density at radius 2 is 1.67 bits per heavy atom. The van der Waals surface area contributed by atoms with E-state index >= 15 is 0 Å². The van der Waals surface area contributed by atoms with Crippen LogP contribution in [0.4, 0.5) is 11.4 Å². The van der Waals surface area contributed by atoms with Crippen LogP contribution in [0.1, 0.15) is 30.3 Å². The van der Waals surface area contributed by atoms with Crippen LogP contribution in [-0.4, -0.2) is 39.1 Å². The van der Waals surface area contributed by atoms with Gasteiger partial charge < -0.3 is 14.2 Å². The van der Waals surface area contributed by atoms with Crippen molar-refractivity contribution >= 4 is 33.0 Å². The molecule has 7 nitrogen and oxygen atoms in total. The van der Waals surface area contributed by atoms with Gasteiger partial charge in [0.15, 0.2) is 15.6 Å². The summed E-state index contributed by atoms with van der Waals surface area (Å²) in [4.78, 5) is 30.0. The van der Waals surface area contributed by atoms with Crippen molar-refractivity contribution in [1.29, 1.82) is 0 Å². The Hall–Kier alpha value is -3.39. The summed E-state index contributed by atoms with van der Waals surface area (Å²) in [6.07, 6.45) is 4.43. The molecule has 2 aliphatic rings. The van der Waals surface area contributed by atoms with E-state index in [-0.39, 0.29) is 34.4 Å². The zero-order valence-corrected chi connectivity index (χ0v) is 19.2. The van der Waals surface area contributed by atoms with Gasteiger partial charge in [0.1, 0.15) is 0 Å². The molecule has 2 amide bonds. The van der Waals surface area contributed by atoms with E-state index < -0.39 is 9.84 Å². The molecule has 0 unspecified atom stereocenters. The summed E-state index contributed by atoms with van der Waals surface area (Å²) in [7, 11) is -3.29. The van der Waals surface area contributed by atoms with Crippen LogP contribution in [0, 0.1) is 5.92 Å². The van der Waals surface area contributed by atoms with Crippen molar-refractivity contribution in [2.24, 2.45) is 5.92 Å². The molecule has 5 rings (SSSR count). The normalized spacial score (nSPS) is 18.2. The van der Waals surface area contributed by atoms with E-state index in [2.05, 4.69) is 0 Å². The Morgan fingerprint density at radius 1 is 0.970 bits per heavy atom. The van der Waals surface area contributed by atoms with Crippen molar-refractivity contribution in [2.45, 2.75) is 30.7 Å². The van der Waals surface area contributed by atoms with E-state index in [0.29, 0.717) is 17.9 Å². The highest BCUT2D eigenvalue weighted by atomic mass is 32.2. The molecule has 0 bridgehead atoms. The van der Waals surface area contributed by atoms with Gasteiger partial charge in [-0.3, -0.25) is 9.59 Å². The smallest absolute Gasteiger partial charge is 0.294 e. The first-order valence-electron chi connectivity index (χ1n) is 10.9. The van der Waals surface area contributed by atoms with Gasteiger partial charge in [-0.05, 0) is 67.3 Å². The first kappa shape index (κ1) is 21.5. The second kappa shape index (κ2) is 7.88. The number of hydrogen-bond acceptors (Lipinski definition) is 5. The lowest BCUT2D eigenvalue weighted by atomic mass is 10.00. The monoisotopic (exact) mass is 464 g/mol. The third kappa shape index (κ3) is 3.95. The maximum atomic E-state index is 13.3. The van der Waals surface area contributed by atoms with Crippen LogP contribution in [0.3, 0.4) is 0 Å². The fraction of sp³-hybridized carbons (Fsp3) is 0.280. The number of fused-ring (bicyclic) bond motifs is 1. The molecule has 1 aliphatic heterocycles. The first-order chi connectivity index (χ1) is 15.7. The number of rotatable bonds is 4. The van der Waals surface area contributed by atoms with Crippen molar-refractivity contribution < 1.29 is 22.4 Å². The zero-order valence-electron chi connectivity index (χ0n) is 18.4. The lowest BCUT2D eigenvalue weighted by Gasteiger charge is -2.41. The summed E-state index contributed by atoms with van der Waals surface area (Å²) >= 11 is 0. The number of hydrogen-bond donors (Lipinski definition) is 0. The van der Waals surface area contributed by atoms with Gasteiger partial charge in [-0.2, -0.15) is 0 Å². The molecule has 0 radical (unpaired) electrons. The standard InChI is InChI=1S/C25H24N2O5S/c1-16-15-26(25(29)23-4-3-13-32-23)22-14-19(17-7-10-20(11-8-17)33(2,30)31)9-12-21(22)27(16)24(28)18-5-6-18/h3-4,7-14,16,18H,5-6,15H2,1-2H3/t16-/m0/s1. The van der Waals surface area contributed by atoms with Crippen molar-refractivity contribution in [2.75, 3.05) is 22.6 Å². The van der Waals surface area contributed by atoms with Crippen LogP contribution in [0.5, 0.6) is 0 Å². The lowest BCUT2D eigenvalue weighted by molar-refractivity contribution is -0.120. The number of nitrogens with zero attached hydrogens (tertiary/aromatic N) is 2. The van der Waals surface area contributed by atoms with Crippen molar-refractivity contribution in [3.8, 4) is 11.1 Å². The molecular weight excluding hydrogens is 440 g/mol. The van der Waals surface area contributed by atoms with Gasteiger partial charge in [0.05, 0.1) is 28.6 Å². The minimum absolute atomic E-state index is 0.0517. The van der Waals surface area contributed by atoms with Crippen molar-refractivity contribution in [3.05, 3.63) is 66.6 Å². The van der Waals surface area contributed by atoms with E-state index in [1.165, 1.54) is 12.5 Å². The van der Waals surface area contributed by atoms with Gasteiger partial charge in [-0.1, -0.05) is 18.2 Å². The molecule has 8 heteroatoms. The highest BCUT2D eigenvalue weighted by Gasteiger charge is 2.41. The summed E-state index contributed by atoms with van der Waals surface area (Å²) in [6, 6.07) is 15.4. The van der Waals surface area contributed by atoms with Crippen LogP contribution in [0.25, 0.3) is 11.1 Å². The number of carbonyl (C=O) groups excluding carboxylic acids is 2. The van der Waals surface area contributed by atoms with Gasteiger partial charge in [0.2, 0.25) is 5.91 Å². The molecule has 0 spiro atoms. The van der Waals surface area contributed by atoms with Crippen LogP contribution >= 0.6 is 0 Å². The molecule has 1 saturated carbocycles. The Kier molecular flexibility index (Phi) is 5.12. The summed E-state index contributed by atoms with van der Waals surface area (Å²) in [5, 5.41) is 0. The van der Waals surface area contributed by atoms with Gasteiger partial charge >= 0.3 is 0 Å². The third-order valence-corrected chi connectivity index (χ3v) is 7.30. The SMILES string of the molecule is C[C@H]1CN(C(=O)c2ccco2)c2cc(-c3ccc(S(C)(=O)=O)cc3)ccc2N1C(=O)C1CC1. The summed E-state index contributed by atoms with van der Waals surface area (Å²) in [5.74, 6) is 0.115. The lowest BCUT2D eigenvalue weighted by Crippen LogP contribution is -2.52. The van der Waals surface area contributed by atoms with E-state index in [1.54, 1.807) is 41.3 Å². The van der Waals surface area contributed by atoms with E-state index in [9.17, 15) is 18.0 Å². The van der Waals surface area contributed by atoms with Crippen molar-refractivity contribution in [1.82, 2.24) is 0 Å². The average molecular weight is 465 g/mol. The Morgan fingerprint density at radius 3 is 2.27 bits per heavy atom. The number of furan rings is 1. The van der Waals surface area contributed by atoms with Gasteiger partial charge in [-0.25, -0.2) is 8.42 Å². The minimum atomic E-state index is -3.29. The third-order valence-electron chi connectivity index (χ3n) is 6.17. The summed E-state index contributed by atoms with van der Waals surface area (Å²) in [5.41, 5.74) is 2.96. The number of amides is 2. The van der Waals surface area contributed by atoms with Crippen LogP contribution in [0.15, 0.2) is 70.2 Å². The molecule has 1 atom stereocenters. The Labute approximate surface area is 192 Å². The number of benzene rings is 2. The zero-order chi connectivity index (χ0) is 23.3. The Bertz CT molecular complexity index is 1330. The quantitative estimate of drug-likeness (QED) is 0.579. The second-order valence-corrected chi connectivity index (χ2v) is 10.7. The maximum absolute atomic E-state index is 13.3. The highest BCUT2D eigenvalue weighted by molar-refractivity contribution is 7.90. The van der Waals surface area contributed by atoms with Gasteiger partial charge in [0.25, 0.3) is 5.91 Å². The molecule has 0 saturated heterocycles. The molecule has 170 valence electrons. The molecule has 33 heavy (non-hydrogen) atoms. The molecule has 3 aromatic rings. The van der Waals surface area contributed by atoms with Crippen molar-refractivity contribution in [3.63, 3.8) is 0 Å². The van der Waals surface area contributed by atoms with Crippen LogP contribution in [-0.2, 0) is 14.6 Å². The van der Waals surface area contributed by atoms with E-state index in [1.807, 2.05) is 30.0 Å². The largest absolute Gasteiger partial charge is 0.459 e. The molecule has 2 heterocycles. The predicted molar refractivity (Wildman–Crippen MR) is 125 cm³/mol. The molecule has 2 aromatic carbocycles. The van der Waals surface area contributed by atoms with Crippen LogP contribution in [0.2, 0.25) is 0 Å². The number of carbonyl (C=O) groups is 2. The topological polar surface area (TPSA) is 87.9 Å². The highest BCUT2D eigenvalue weighted by Crippen LogP contribution is 2.42. The first-order valence-corrected chi connectivity index (χ1v) is 12.8. The summed E-state index contributed by atoms with van der Waals surface area (Å²) in [6.45, 7) is 2.30. The van der Waals surface area contributed by atoms with Crippen LogP contribution < -0.4 is 9.80 Å². The second-order valence-electron chi connectivity index (χ2n) is 8.72.